The van der Waals surface area contributed by atoms with E-state index in [4.69, 9.17) is 10.5 Å². The van der Waals surface area contributed by atoms with Gasteiger partial charge in [-0.05, 0) is 37.1 Å². The quantitative estimate of drug-likeness (QED) is 0.638. The molecule has 1 atom stereocenters. The van der Waals surface area contributed by atoms with E-state index in [-0.39, 0.29) is 11.9 Å². The monoisotopic (exact) mass is 243 g/mol. The maximum atomic E-state index is 13.4. The molecule has 2 N–H and O–H groups in total. The molecule has 0 fully saturated rings. The zero-order chi connectivity index (χ0) is 12.1. The van der Waals surface area contributed by atoms with E-state index in [9.17, 15) is 4.39 Å². The molecule has 0 saturated carbocycles. The SMILES string of the molecule is COCCSc1cc(C)c(F)cc1C(C)N. The number of methoxy groups -OCH3 is 1. The summed E-state index contributed by atoms with van der Waals surface area (Å²) in [7, 11) is 1.67. The van der Waals surface area contributed by atoms with Crippen LogP contribution in [0.5, 0.6) is 0 Å². The van der Waals surface area contributed by atoms with Crippen molar-refractivity contribution in [1.82, 2.24) is 0 Å². The van der Waals surface area contributed by atoms with Crippen molar-refractivity contribution in [2.24, 2.45) is 5.73 Å². The van der Waals surface area contributed by atoms with E-state index in [2.05, 4.69) is 0 Å². The van der Waals surface area contributed by atoms with Gasteiger partial charge in [-0.25, -0.2) is 4.39 Å². The van der Waals surface area contributed by atoms with E-state index in [0.29, 0.717) is 12.2 Å². The van der Waals surface area contributed by atoms with Crippen molar-refractivity contribution in [1.29, 1.82) is 0 Å². The van der Waals surface area contributed by atoms with Crippen LogP contribution in [0.15, 0.2) is 17.0 Å². The molecule has 0 aromatic heterocycles. The Morgan fingerprint density at radius 2 is 2.19 bits per heavy atom. The smallest absolute Gasteiger partial charge is 0.126 e. The summed E-state index contributed by atoms with van der Waals surface area (Å²) in [5.41, 5.74) is 7.35. The average Bonchev–Trinajstić information content (AvgIpc) is 2.23. The van der Waals surface area contributed by atoms with Gasteiger partial charge in [0.2, 0.25) is 0 Å². The molecule has 1 aromatic carbocycles. The summed E-state index contributed by atoms with van der Waals surface area (Å²) in [6.07, 6.45) is 0. The van der Waals surface area contributed by atoms with Crippen LogP contribution < -0.4 is 5.73 Å². The molecule has 0 aliphatic rings. The van der Waals surface area contributed by atoms with Gasteiger partial charge in [-0.2, -0.15) is 0 Å². The van der Waals surface area contributed by atoms with Crippen molar-refractivity contribution in [2.75, 3.05) is 19.5 Å². The molecule has 0 heterocycles. The van der Waals surface area contributed by atoms with Crippen LogP contribution in [0.3, 0.4) is 0 Å². The van der Waals surface area contributed by atoms with Gasteiger partial charge < -0.3 is 10.5 Å². The molecule has 4 heteroatoms. The second-order valence-electron chi connectivity index (χ2n) is 3.77. The van der Waals surface area contributed by atoms with Crippen molar-refractivity contribution in [3.8, 4) is 0 Å². The summed E-state index contributed by atoms with van der Waals surface area (Å²) >= 11 is 1.65. The number of hydrogen-bond donors (Lipinski definition) is 1. The Hall–Kier alpha value is -0.580. The van der Waals surface area contributed by atoms with E-state index in [1.165, 1.54) is 6.07 Å². The minimum absolute atomic E-state index is 0.153. The molecule has 0 aliphatic carbocycles. The highest BCUT2D eigenvalue weighted by Gasteiger charge is 2.11. The summed E-state index contributed by atoms with van der Waals surface area (Å²) in [6.45, 7) is 4.31. The molecular formula is C12H18FNOS. The Morgan fingerprint density at radius 1 is 1.50 bits per heavy atom. The first kappa shape index (κ1) is 13.5. The molecule has 0 amide bonds. The van der Waals surface area contributed by atoms with Crippen LogP contribution in [0.2, 0.25) is 0 Å². The molecule has 0 radical (unpaired) electrons. The fourth-order valence-corrected chi connectivity index (χ4v) is 2.53. The third-order valence-corrected chi connectivity index (χ3v) is 3.36. The lowest BCUT2D eigenvalue weighted by Gasteiger charge is -2.13. The molecule has 0 saturated heterocycles. The Kier molecular flexibility index (Phi) is 5.25. The third kappa shape index (κ3) is 3.47. The molecule has 2 nitrogen and oxygen atoms in total. The van der Waals surface area contributed by atoms with Crippen molar-refractivity contribution in [3.05, 3.63) is 29.1 Å². The zero-order valence-electron chi connectivity index (χ0n) is 9.92. The largest absolute Gasteiger partial charge is 0.384 e. The zero-order valence-corrected chi connectivity index (χ0v) is 10.7. The van der Waals surface area contributed by atoms with Gasteiger partial charge in [0, 0.05) is 23.8 Å². The highest BCUT2D eigenvalue weighted by molar-refractivity contribution is 7.99. The first-order valence-corrected chi connectivity index (χ1v) is 6.22. The van der Waals surface area contributed by atoms with Crippen LogP contribution in [0, 0.1) is 12.7 Å². The highest BCUT2D eigenvalue weighted by atomic mass is 32.2. The van der Waals surface area contributed by atoms with Crippen molar-refractivity contribution in [2.45, 2.75) is 24.8 Å². The molecule has 0 bridgehead atoms. The van der Waals surface area contributed by atoms with Gasteiger partial charge in [0.25, 0.3) is 0 Å². The van der Waals surface area contributed by atoms with Gasteiger partial charge in [0.1, 0.15) is 5.82 Å². The fraction of sp³-hybridized carbons (Fsp3) is 0.500. The number of benzene rings is 1. The second-order valence-corrected chi connectivity index (χ2v) is 4.91. The second kappa shape index (κ2) is 6.23. The van der Waals surface area contributed by atoms with Crippen LogP contribution in [0.1, 0.15) is 24.1 Å². The topological polar surface area (TPSA) is 35.2 Å². The number of aryl methyl sites for hydroxylation is 1. The summed E-state index contributed by atoms with van der Waals surface area (Å²) in [5.74, 6) is 0.657. The Bertz CT molecular complexity index is 355. The lowest BCUT2D eigenvalue weighted by atomic mass is 10.1. The molecular weight excluding hydrogens is 225 g/mol. The van der Waals surface area contributed by atoms with E-state index in [0.717, 1.165) is 16.2 Å². The van der Waals surface area contributed by atoms with Gasteiger partial charge in [0.15, 0.2) is 0 Å². The summed E-state index contributed by atoms with van der Waals surface area (Å²) in [6, 6.07) is 3.24. The third-order valence-electron chi connectivity index (χ3n) is 2.33. The van der Waals surface area contributed by atoms with E-state index >= 15 is 0 Å². The Labute approximate surface area is 100 Å². The van der Waals surface area contributed by atoms with Gasteiger partial charge in [-0.3, -0.25) is 0 Å². The fourth-order valence-electron chi connectivity index (χ4n) is 1.39. The minimum Gasteiger partial charge on any atom is -0.384 e. The van der Waals surface area contributed by atoms with Crippen LogP contribution >= 0.6 is 11.8 Å². The predicted octanol–water partition coefficient (Wildman–Crippen LogP) is 2.89. The van der Waals surface area contributed by atoms with Gasteiger partial charge in [-0.15, -0.1) is 11.8 Å². The number of rotatable bonds is 5. The minimum atomic E-state index is -0.191. The van der Waals surface area contributed by atoms with E-state index in [1.807, 2.05) is 13.0 Å². The van der Waals surface area contributed by atoms with E-state index < -0.39 is 0 Å². The average molecular weight is 243 g/mol. The predicted molar refractivity (Wildman–Crippen MR) is 66.3 cm³/mol. The van der Waals surface area contributed by atoms with E-state index in [1.54, 1.807) is 25.8 Å². The number of thioether (sulfide) groups is 1. The van der Waals surface area contributed by atoms with Crippen molar-refractivity contribution < 1.29 is 9.13 Å². The normalized spacial score (nSPS) is 12.8. The number of ether oxygens (including phenoxy) is 1. The molecule has 0 spiro atoms. The highest BCUT2D eigenvalue weighted by Crippen LogP contribution is 2.29. The van der Waals surface area contributed by atoms with Crippen molar-refractivity contribution >= 4 is 11.8 Å². The molecule has 0 aliphatic heterocycles. The molecule has 90 valence electrons. The summed E-state index contributed by atoms with van der Waals surface area (Å²) in [4.78, 5) is 1.05. The molecule has 1 aromatic rings. The maximum absolute atomic E-state index is 13.4. The number of nitrogens with two attached hydrogens (primary N) is 1. The summed E-state index contributed by atoms with van der Waals surface area (Å²) in [5, 5.41) is 0. The van der Waals surface area contributed by atoms with Crippen LogP contribution in [-0.4, -0.2) is 19.5 Å². The van der Waals surface area contributed by atoms with Crippen LogP contribution in [0.4, 0.5) is 4.39 Å². The molecule has 1 rings (SSSR count). The van der Waals surface area contributed by atoms with Crippen LogP contribution in [-0.2, 0) is 4.74 Å². The first-order valence-electron chi connectivity index (χ1n) is 5.23. The first-order chi connectivity index (χ1) is 7.56. The molecule has 16 heavy (non-hydrogen) atoms. The van der Waals surface area contributed by atoms with Crippen molar-refractivity contribution in [3.63, 3.8) is 0 Å². The van der Waals surface area contributed by atoms with Gasteiger partial charge in [-0.1, -0.05) is 0 Å². The lowest BCUT2D eigenvalue weighted by Crippen LogP contribution is -2.08. The Balaban J connectivity index is 2.91. The standard InChI is InChI=1S/C12H18FNOS/c1-8-6-12(16-5-4-15-3)10(9(2)14)7-11(8)13/h6-7,9H,4-5,14H2,1-3H3. The van der Waals surface area contributed by atoms with Gasteiger partial charge in [0.05, 0.1) is 6.61 Å². The lowest BCUT2D eigenvalue weighted by molar-refractivity contribution is 0.218. The van der Waals surface area contributed by atoms with Crippen LogP contribution in [0.25, 0.3) is 0 Å². The number of hydrogen-bond acceptors (Lipinski definition) is 3. The number of halogens is 1. The maximum Gasteiger partial charge on any atom is 0.126 e. The Morgan fingerprint density at radius 3 is 2.75 bits per heavy atom. The molecule has 1 unspecified atom stereocenters. The summed E-state index contributed by atoms with van der Waals surface area (Å²) < 4.78 is 18.4. The van der Waals surface area contributed by atoms with Gasteiger partial charge >= 0.3 is 0 Å².